The summed E-state index contributed by atoms with van der Waals surface area (Å²) in [7, 11) is 1.77. The second kappa shape index (κ2) is 8.12. The zero-order chi connectivity index (χ0) is 11.7. The first-order chi connectivity index (χ1) is 6.99. The van der Waals surface area contributed by atoms with Crippen LogP contribution in [0.15, 0.2) is 0 Å². The Labute approximate surface area is 95.0 Å². The fraction of sp³-hybridized carbons (Fsp3) is 1.00. The Kier molecular flexibility index (Phi) is 8.07. The Morgan fingerprint density at radius 3 is 2.27 bits per heavy atom. The van der Waals surface area contributed by atoms with Crippen molar-refractivity contribution in [1.29, 1.82) is 0 Å². The third-order valence-electron chi connectivity index (χ3n) is 2.65. The van der Waals surface area contributed by atoms with Crippen LogP contribution in [0, 0.1) is 11.3 Å². The van der Waals surface area contributed by atoms with Crippen LogP contribution in [-0.2, 0) is 4.74 Å². The van der Waals surface area contributed by atoms with Crippen LogP contribution in [-0.4, -0.2) is 25.4 Å². The summed E-state index contributed by atoms with van der Waals surface area (Å²) in [5, 5.41) is 8.76. The highest BCUT2D eigenvalue weighted by Crippen LogP contribution is 2.29. The van der Waals surface area contributed by atoms with Crippen molar-refractivity contribution in [3.63, 3.8) is 0 Å². The second-order valence-corrected chi connectivity index (χ2v) is 5.63. The van der Waals surface area contributed by atoms with Crippen molar-refractivity contribution in [2.24, 2.45) is 11.3 Å². The summed E-state index contributed by atoms with van der Waals surface area (Å²) in [4.78, 5) is 0. The first-order valence-electron chi connectivity index (χ1n) is 6.09. The van der Waals surface area contributed by atoms with Crippen LogP contribution in [0.1, 0.15) is 52.9 Å². The number of hydrogen-bond donors (Lipinski definition) is 1. The number of methoxy groups -OCH3 is 1. The lowest BCUT2D eigenvalue weighted by molar-refractivity contribution is 0.156. The van der Waals surface area contributed by atoms with E-state index in [1.165, 1.54) is 12.8 Å². The number of aliphatic hydroxyl groups is 1. The summed E-state index contributed by atoms with van der Waals surface area (Å²) < 4.78 is 5.14. The maximum atomic E-state index is 8.76. The summed E-state index contributed by atoms with van der Waals surface area (Å²) in [6.45, 7) is 8.06. The summed E-state index contributed by atoms with van der Waals surface area (Å²) in [6.07, 6.45) is 5.71. The van der Waals surface area contributed by atoms with Gasteiger partial charge in [0.1, 0.15) is 0 Å². The van der Waals surface area contributed by atoms with Gasteiger partial charge in [0.25, 0.3) is 0 Å². The topological polar surface area (TPSA) is 29.5 Å². The standard InChI is InChI=1S/C13H28O2/c1-13(2,3)11-12(8-10-15-4)7-5-6-9-14/h12,14H,5-11H2,1-4H3/t12-/m1/s1. The minimum atomic E-state index is 0.326. The highest BCUT2D eigenvalue weighted by Gasteiger charge is 2.18. The highest BCUT2D eigenvalue weighted by atomic mass is 16.5. The van der Waals surface area contributed by atoms with Gasteiger partial charge in [-0.3, -0.25) is 0 Å². The summed E-state index contributed by atoms with van der Waals surface area (Å²) in [5.41, 5.74) is 0.400. The lowest BCUT2D eigenvalue weighted by atomic mass is 9.81. The van der Waals surface area contributed by atoms with Gasteiger partial charge in [-0.1, -0.05) is 33.6 Å². The summed E-state index contributed by atoms with van der Waals surface area (Å²) >= 11 is 0. The number of ether oxygens (including phenoxy) is 1. The molecule has 0 rings (SSSR count). The van der Waals surface area contributed by atoms with E-state index in [1.54, 1.807) is 7.11 Å². The van der Waals surface area contributed by atoms with E-state index in [9.17, 15) is 0 Å². The first-order valence-corrected chi connectivity index (χ1v) is 6.09. The molecule has 0 aromatic heterocycles. The van der Waals surface area contributed by atoms with Crippen LogP contribution in [0.2, 0.25) is 0 Å². The minimum absolute atomic E-state index is 0.326. The predicted octanol–water partition coefficient (Wildman–Crippen LogP) is 3.24. The molecule has 92 valence electrons. The number of rotatable bonds is 8. The van der Waals surface area contributed by atoms with Gasteiger partial charge in [-0.2, -0.15) is 0 Å². The minimum Gasteiger partial charge on any atom is -0.396 e. The summed E-state index contributed by atoms with van der Waals surface area (Å²) in [6, 6.07) is 0. The normalized spacial score (nSPS) is 14.2. The molecule has 0 spiro atoms. The molecule has 0 aliphatic heterocycles. The van der Waals surface area contributed by atoms with Gasteiger partial charge in [0.05, 0.1) is 0 Å². The van der Waals surface area contributed by atoms with Gasteiger partial charge in [0, 0.05) is 20.3 Å². The van der Waals surface area contributed by atoms with Crippen LogP contribution >= 0.6 is 0 Å². The second-order valence-electron chi connectivity index (χ2n) is 5.63. The van der Waals surface area contributed by atoms with E-state index in [2.05, 4.69) is 20.8 Å². The van der Waals surface area contributed by atoms with Crippen molar-refractivity contribution >= 4 is 0 Å². The van der Waals surface area contributed by atoms with Crippen molar-refractivity contribution < 1.29 is 9.84 Å². The van der Waals surface area contributed by atoms with Crippen molar-refractivity contribution in [3.05, 3.63) is 0 Å². The maximum absolute atomic E-state index is 8.76. The third-order valence-corrected chi connectivity index (χ3v) is 2.65. The van der Waals surface area contributed by atoms with E-state index < -0.39 is 0 Å². The van der Waals surface area contributed by atoms with Gasteiger partial charge >= 0.3 is 0 Å². The molecule has 0 saturated carbocycles. The molecule has 0 bridgehead atoms. The van der Waals surface area contributed by atoms with Crippen LogP contribution in [0.3, 0.4) is 0 Å². The SMILES string of the molecule is COCC[C@@H](CCCCO)CC(C)(C)C. The van der Waals surface area contributed by atoms with Gasteiger partial charge in [0.2, 0.25) is 0 Å². The molecule has 0 aliphatic rings. The Bertz CT molecular complexity index is 138. The number of hydrogen-bond acceptors (Lipinski definition) is 2. The molecule has 2 nitrogen and oxygen atoms in total. The van der Waals surface area contributed by atoms with E-state index in [-0.39, 0.29) is 0 Å². The average Bonchev–Trinajstić information content (AvgIpc) is 2.12. The molecule has 0 fully saturated rings. The predicted molar refractivity (Wildman–Crippen MR) is 65.0 cm³/mol. The molecule has 0 radical (unpaired) electrons. The van der Waals surface area contributed by atoms with Crippen molar-refractivity contribution in [2.75, 3.05) is 20.3 Å². The molecular formula is C13H28O2. The molecule has 2 heteroatoms. The van der Waals surface area contributed by atoms with E-state index in [4.69, 9.17) is 9.84 Å². The largest absolute Gasteiger partial charge is 0.396 e. The molecule has 0 aromatic rings. The molecule has 1 N–H and O–H groups in total. The monoisotopic (exact) mass is 216 g/mol. The highest BCUT2D eigenvalue weighted by molar-refractivity contribution is 4.69. The molecule has 0 aliphatic carbocycles. The fourth-order valence-corrected chi connectivity index (χ4v) is 2.04. The fourth-order valence-electron chi connectivity index (χ4n) is 2.04. The lowest BCUT2D eigenvalue weighted by Gasteiger charge is -2.25. The third kappa shape index (κ3) is 10.2. The molecule has 0 saturated heterocycles. The van der Waals surface area contributed by atoms with Gasteiger partial charge in [-0.05, 0) is 30.6 Å². The summed E-state index contributed by atoms with van der Waals surface area (Å²) in [5.74, 6) is 0.747. The van der Waals surface area contributed by atoms with Crippen molar-refractivity contribution in [2.45, 2.75) is 52.9 Å². The molecule has 1 atom stereocenters. The molecule has 15 heavy (non-hydrogen) atoms. The number of unbranched alkanes of at least 4 members (excludes halogenated alkanes) is 1. The molecule has 0 amide bonds. The lowest BCUT2D eigenvalue weighted by Crippen LogP contribution is -2.15. The van der Waals surface area contributed by atoms with Gasteiger partial charge < -0.3 is 9.84 Å². The zero-order valence-corrected chi connectivity index (χ0v) is 10.9. The van der Waals surface area contributed by atoms with E-state index in [1.807, 2.05) is 0 Å². The van der Waals surface area contributed by atoms with Crippen LogP contribution in [0.5, 0.6) is 0 Å². The van der Waals surface area contributed by atoms with Gasteiger partial charge in [0.15, 0.2) is 0 Å². The van der Waals surface area contributed by atoms with E-state index in [0.29, 0.717) is 12.0 Å². The Hall–Kier alpha value is -0.0800. The maximum Gasteiger partial charge on any atom is 0.0464 e. The van der Waals surface area contributed by atoms with Gasteiger partial charge in [-0.25, -0.2) is 0 Å². The Morgan fingerprint density at radius 2 is 1.80 bits per heavy atom. The quantitative estimate of drug-likeness (QED) is 0.631. The molecule has 0 aromatic carbocycles. The smallest absolute Gasteiger partial charge is 0.0464 e. The first kappa shape index (κ1) is 14.9. The Balaban J connectivity index is 3.84. The molecule has 0 heterocycles. The van der Waals surface area contributed by atoms with Crippen molar-refractivity contribution in [1.82, 2.24) is 0 Å². The van der Waals surface area contributed by atoms with Crippen molar-refractivity contribution in [3.8, 4) is 0 Å². The van der Waals surface area contributed by atoms with Crippen LogP contribution < -0.4 is 0 Å². The molecule has 0 unspecified atom stereocenters. The Morgan fingerprint density at radius 1 is 1.13 bits per heavy atom. The van der Waals surface area contributed by atoms with Crippen LogP contribution in [0.4, 0.5) is 0 Å². The van der Waals surface area contributed by atoms with E-state index in [0.717, 1.165) is 31.8 Å². The van der Waals surface area contributed by atoms with Crippen LogP contribution in [0.25, 0.3) is 0 Å². The van der Waals surface area contributed by atoms with E-state index >= 15 is 0 Å². The molecular weight excluding hydrogens is 188 g/mol. The zero-order valence-electron chi connectivity index (χ0n) is 10.9. The average molecular weight is 216 g/mol. The number of aliphatic hydroxyl groups excluding tert-OH is 1. The van der Waals surface area contributed by atoms with Gasteiger partial charge in [-0.15, -0.1) is 0 Å².